The quantitative estimate of drug-likeness (QED) is 0.667. The van der Waals surface area contributed by atoms with Gasteiger partial charge in [0, 0.05) is 14.7 Å². The van der Waals surface area contributed by atoms with Crippen LogP contribution in [-0.2, 0) is 0 Å². The van der Waals surface area contributed by atoms with Crippen LogP contribution in [0.3, 0.4) is 0 Å². The van der Waals surface area contributed by atoms with E-state index < -0.39 is 0 Å². The first kappa shape index (κ1) is 11.3. The van der Waals surface area contributed by atoms with Crippen molar-refractivity contribution in [3.05, 3.63) is 29.3 Å². The monoisotopic (exact) mass is 232 g/mol. The fourth-order valence-corrected chi connectivity index (χ4v) is 2.75. The summed E-state index contributed by atoms with van der Waals surface area (Å²) in [4.78, 5) is 1.25. The second kappa shape index (κ2) is 4.63. The molecular formula is C10H13ClS2. The van der Waals surface area contributed by atoms with E-state index in [4.69, 9.17) is 11.6 Å². The average molecular weight is 233 g/mol. The highest BCUT2D eigenvalue weighted by Gasteiger charge is 2.11. The lowest BCUT2D eigenvalue weighted by atomic mass is 10.3. The van der Waals surface area contributed by atoms with Gasteiger partial charge in [-0.3, -0.25) is 0 Å². The molecule has 1 aromatic rings. The Bertz CT molecular complexity index is 261. The van der Waals surface area contributed by atoms with Crippen molar-refractivity contribution in [2.24, 2.45) is 0 Å². The van der Waals surface area contributed by atoms with Crippen LogP contribution in [0.1, 0.15) is 20.8 Å². The first-order valence-electron chi connectivity index (χ1n) is 4.09. The van der Waals surface area contributed by atoms with Gasteiger partial charge in [0.2, 0.25) is 0 Å². The molecule has 0 spiro atoms. The van der Waals surface area contributed by atoms with Crippen molar-refractivity contribution in [1.29, 1.82) is 0 Å². The summed E-state index contributed by atoms with van der Waals surface area (Å²) in [6, 6.07) is 7.94. The predicted molar refractivity (Wildman–Crippen MR) is 64.7 cm³/mol. The minimum Gasteiger partial charge on any atom is -0.0843 e. The minimum absolute atomic E-state index is 0.296. The molecule has 0 heterocycles. The molecule has 0 aliphatic heterocycles. The van der Waals surface area contributed by atoms with Gasteiger partial charge in [-0.25, -0.2) is 0 Å². The third-order valence-corrected chi connectivity index (χ3v) is 4.83. The van der Waals surface area contributed by atoms with Crippen LogP contribution in [0.4, 0.5) is 0 Å². The zero-order valence-corrected chi connectivity index (χ0v) is 10.4. The van der Waals surface area contributed by atoms with Crippen LogP contribution in [0.2, 0.25) is 5.02 Å². The third kappa shape index (κ3) is 4.84. The van der Waals surface area contributed by atoms with Gasteiger partial charge in [-0.05, 0) is 24.3 Å². The van der Waals surface area contributed by atoms with Crippen molar-refractivity contribution in [1.82, 2.24) is 0 Å². The van der Waals surface area contributed by atoms with Crippen molar-refractivity contribution in [2.75, 3.05) is 0 Å². The lowest BCUT2D eigenvalue weighted by Crippen LogP contribution is -2.04. The molecule has 1 aromatic carbocycles. The van der Waals surface area contributed by atoms with Gasteiger partial charge in [0.1, 0.15) is 0 Å². The van der Waals surface area contributed by atoms with Gasteiger partial charge in [0.05, 0.1) is 0 Å². The summed E-state index contributed by atoms with van der Waals surface area (Å²) in [5, 5.41) is 0.796. The predicted octanol–water partition coefficient (Wildman–Crippen LogP) is 4.88. The molecule has 0 saturated carbocycles. The molecule has 13 heavy (non-hydrogen) atoms. The summed E-state index contributed by atoms with van der Waals surface area (Å²) < 4.78 is 0.296. The fourth-order valence-electron chi connectivity index (χ4n) is 0.663. The summed E-state index contributed by atoms with van der Waals surface area (Å²) in [5.41, 5.74) is 0. The molecule has 3 heteroatoms. The molecule has 0 bridgehead atoms. The molecule has 0 unspecified atom stereocenters. The number of rotatable bonds is 2. The van der Waals surface area contributed by atoms with Gasteiger partial charge in [0.25, 0.3) is 0 Å². The molecule has 0 nitrogen and oxygen atoms in total. The summed E-state index contributed by atoms with van der Waals surface area (Å²) >= 11 is 5.79. The molecule has 0 radical (unpaired) electrons. The second-order valence-electron chi connectivity index (χ2n) is 3.73. The van der Waals surface area contributed by atoms with E-state index in [9.17, 15) is 0 Å². The Balaban J connectivity index is 2.51. The number of hydrogen-bond donors (Lipinski definition) is 0. The number of halogens is 1. The van der Waals surface area contributed by atoms with E-state index in [0.29, 0.717) is 4.75 Å². The first-order valence-corrected chi connectivity index (χ1v) is 6.61. The minimum atomic E-state index is 0.296. The summed E-state index contributed by atoms with van der Waals surface area (Å²) in [6.45, 7) is 6.63. The second-order valence-corrected chi connectivity index (χ2v) is 7.20. The zero-order valence-electron chi connectivity index (χ0n) is 8.00. The average Bonchev–Trinajstić information content (AvgIpc) is 2.02. The fraction of sp³-hybridized carbons (Fsp3) is 0.400. The summed E-state index contributed by atoms with van der Waals surface area (Å²) in [7, 11) is 3.66. The van der Waals surface area contributed by atoms with Crippen molar-refractivity contribution >= 4 is 33.2 Å². The molecule has 1 rings (SSSR count). The van der Waals surface area contributed by atoms with E-state index in [1.165, 1.54) is 4.90 Å². The highest BCUT2D eigenvalue weighted by Crippen LogP contribution is 2.40. The molecule has 0 aliphatic carbocycles. The van der Waals surface area contributed by atoms with Crippen LogP contribution in [0.15, 0.2) is 29.2 Å². The Kier molecular flexibility index (Phi) is 4.02. The van der Waals surface area contributed by atoms with Crippen LogP contribution < -0.4 is 0 Å². The van der Waals surface area contributed by atoms with E-state index in [0.717, 1.165) is 5.02 Å². The lowest BCUT2D eigenvalue weighted by Gasteiger charge is -2.15. The standard InChI is InChI=1S/C10H13ClS2/c1-10(2,3)13-12-9-6-4-8(11)5-7-9/h4-7H,1-3H3. The molecule has 0 atom stereocenters. The smallest absolute Gasteiger partial charge is 0.0406 e. The van der Waals surface area contributed by atoms with Crippen LogP contribution >= 0.6 is 33.2 Å². The van der Waals surface area contributed by atoms with E-state index in [2.05, 4.69) is 20.8 Å². The van der Waals surface area contributed by atoms with Gasteiger partial charge in [0.15, 0.2) is 0 Å². The first-order chi connectivity index (χ1) is 5.97. The maximum absolute atomic E-state index is 5.79. The molecular weight excluding hydrogens is 220 g/mol. The molecule has 0 aromatic heterocycles. The van der Waals surface area contributed by atoms with E-state index in [1.807, 2.05) is 35.1 Å². The highest BCUT2D eigenvalue weighted by atomic mass is 35.5. The van der Waals surface area contributed by atoms with E-state index in [1.54, 1.807) is 10.8 Å². The van der Waals surface area contributed by atoms with E-state index >= 15 is 0 Å². The Morgan fingerprint density at radius 3 is 2.08 bits per heavy atom. The van der Waals surface area contributed by atoms with Crippen molar-refractivity contribution in [2.45, 2.75) is 30.4 Å². The molecule has 0 N–H and O–H groups in total. The Morgan fingerprint density at radius 2 is 1.62 bits per heavy atom. The molecule has 0 aliphatic rings. The van der Waals surface area contributed by atoms with Crippen LogP contribution in [0.5, 0.6) is 0 Å². The topological polar surface area (TPSA) is 0 Å². The molecule has 0 saturated heterocycles. The number of benzene rings is 1. The SMILES string of the molecule is CC(C)(C)SSc1ccc(Cl)cc1. The molecule has 72 valence electrons. The van der Waals surface area contributed by atoms with Crippen molar-refractivity contribution in [3.8, 4) is 0 Å². The largest absolute Gasteiger partial charge is 0.0843 e. The number of hydrogen-bond acceptors (Lipinski definition) is 2. The lowest BCUT2D eigenvalue weighted by molar-refractivity contribution is 0.810. The third-order valence-electron chi connectivity index (χ3n) is 1.20. The van der Waals surface area contributed by atoms with E-state index in [-0.39, 0.29) is 0 Å². The van der Waals surface area contributed by atoms with Gasteiger partial charge in [-0.15, -0.1) is 0 Å². The van der Waals surface area contributed by atoms with Gasteiger partial charge in [-0.1, -0.05) is 54.0 Å². The Morgan fingerprint density at radius 1 is 1.08 bits per heavy atom. The van der Waals surface area contributed by atoms with Gasteiger partial charge < -0.3 is 0 Å². The summed E-state index contributed by atoms with van der Waals surface area (Å²) in [5.74, 6) is 0. The summed E-state index contributed by atoms with van der Waals surface area (Å²) in [6.07, 6.45) is 0. The Labute approximate surface area is 92.8 Å². The van der Waals surface area contributed by atoms with Crippen LogP contribution in [-0.4, -0.2) is 4.75 Å². The Hall–Kier alpha value is 0.210. The highest BCUT2D eigenvalue weighted by molar-refractivity contribution is 8.77. The van der Waals surface area contributed by atoms with Crippen molar-refractivity contribution < 1.29 is 0 Å². The maximum Gasteiger partial charge on any atom is 0.0406 e. The van der Waals surface area contributed by atoms with Gasteiger partial charge in [-0.2, -0.15) is 0 Å². The van der Waals surface area contributed by atoms with Gasteiger partial charge >= 0.3 is 0 Å². The molecule has 0 amide bonds. The zero-order chi connectivity index (χ0) is 9.90. The molecule has 0 fully saturated rings. The van der Waals surface area contributed by atoms with Crippen LogP contribution in [0.25, 0.3) is 0 Å². The van der Waals surface area contributed by atoms with Crippen LogP contribution in [0, 0.1) is 0 Å². The van der Waals surface area contributed by atoms with Crippen molar-refractivity contribution in [3.63, 3.8) is 0 Å². The maximum atomic E-state index is 5.79. The normalized spacial score (nSPS) is 11.7.